The molecule has 0 bridgehead atoms. The second-order valence-electron chi connectivity index (χ2n) is 5.49. The summed E-state index contributed by atoms with van der Waals surface area (Å²) < 4.78 is 6.85. The summed E-state index contributed by atoms with van der Waals surface area (Å²) in [6.07, 6.45) is 1.80. The van der Waals surface area contributed by atoms with Crippen LogP contribution >= 0.6 is 27.5 Å². The van der Waals surface area contributed by atoms with Crippen LogP contribution in [-0.4, -0.2) is 11.2 Å². The molecule has 0 unspecified atom stereocenters. The molecule has 0 amide bonds. The fraction of sp³-hybridized carbons (Fsp3) is 0. The Labute approximate surface area is 158 Å². The van der Waals surface area contributed by atoms with E-state index in [2.05, 4.69) is 25.9 Å². The summed E-state index contributed by atoms with van der Waals surface area (Å²) in [6.45, 7) is 0. The molecule has 0 aliphatic heterocycles. The number of benzene rings is 3. The lowest BCUT2D eigenvalue weighted by atomic mass is 10.2. The zero-order valence-corrected chi connectivity index (χ0v) is 15.3. The topological polar surface area (TPSA) is 38.4 Å². The SMILES string of the molecule is Clc1ccc(C=Nc2ccc3oc(-c4ccc(Br)cc4)nc3c2)cc1. The average Bonchev–Trinajstić information content (AvgIpc) is 3.05. The first kappa shape index (κ1) is 16.1. The van der Waals surface area contributed by atoms with Gasteiger partial charge in [0, 0.05) is 21.3 Å². The summed E-state index contributed by atoms with van der Waals surface area (Å²) in [6, 6.07) is 21.1. The van der Waals surface area contributed by atoms with Gasteiger partial charge in [0.15, 0.2) is 5.58 Å². The van der Waals surface area contributed by atoms with E-state index in [1.807, 2.05) is 66.7 Å². The fourth-order valence-corrected chi connectivity index (χ4v) is 2.80. The van der Waals surface area contributed by atoms with E-state index in [0.717, 1.165) is 32.4 Å². The van der Waals surface area contributed by atoms with Crippen LogP contribution in [0, 0.1) is 0 Å². The molecular weight excluding hydrogens is 400 g/mol. The minimum absolute atomic E-state index is 0.598. The number of hydrogen-bond donors (Lipinski definition) is 0. The van der Waals surface area contributed by atoms with Crippen LogP contribution in [0.3, 0.4) is 0 Å². The van der Waals surface area contributed by atoms with Gasteiger partial charge in [-0.3, -0.25) is 4.99 Å². The minimum Gasteiger partial charge on any atom is -0.436 e. The summed E-state index contributed by atoms with van der Waals surface area (Å²) in [7, 11) is 0. The van der Waals surface area contributed by atoms with Crippen molar-refractivity contribution in [1.82, 2.24) is 4.98 Å². The fourth-order valence-electron chi connectivity index (χ4n) is 2.41. The number of halogens is 2. The summed E-state index contributed by atoms with van der Waals surface area (Å²) in [4.78, 5) is 9.06. The molecule has 3 nitrogen and oxygen atoms in total. The average molecular weight is 412 g/mol. The summed E-state index contributed by atoms with van der Waals surface area (Å²) in [5.41, 5.74) is 4.26. The maximum Gasteiger partial charge on any atom is 0.227 e. The van der Waals surface area contributed by atoms with Gasteiger partial charge in [-0.1, -0.05) is 39.7 Å². The first-order chi connectivity index (χ1) is 12.2. The monoisotopic (exact) mass is 410 g/mol. The minimum atomic E-state index is 0.598. The van der Waals surface area contributed by atoms with Crippen LogP contribution in [-0.2, 0) is 0 Å². The number of fused-ring (bicyclic) bond motifs is 1. The number of rotatable bonds is 3. The Kier molecular flexibility index (Phi) is 4.38. The molecule has 3 aromatic carbocycles. The molecule has 1 heterocycles. The number of nitrogens with zero attached hydrogens (tertiary/aromatic N) is 2. The Bertz CT molecular complexity index is 1050. The van der Waals surface area contributed by atoms with Crippen LogP contribution in [0.15, 0.2) is 80.6 Å². The predicted octanol–water partition coefficient (Wildman–Crippen LogP) is 6.66. The molecular formula is C20H12BrClN2O. The third-order valence-corrected chi connectivity index (χ3v) is 4.48. The highest BCUT2D eigenvalue weighted by atomic mass is 79.9. The van der Waals surface area contributed by atoms with E-state index in [0.29, 0.717) is 10.9 Å². The molecule has 1 aromatic heterocycles. The number of oxazole rings is 1. The van der Waals surface area contributed by atoms with Crippen LogP contribution in [0.2, 0.25) is 5.02 Å². The summed E-state index contributed by atoms with van der Waals surface area (Å²) in [5, 5.41) is 0.710. The van der Waals surface area contributed by atoms with Gasteiger partial charge in [0.2, 0.25) is 5.89 Å². The Balaban J connectivity index is 1.63. The van der Waals surface area contributed by atoms with E-state index >= 15 is 0 Å². The molecule has 0 fully saturated rings. The van der Waals surface area contributed by atoms with Gasteiger partial charge in [-0.2, -0.15) is 0 Å². The molecule has 5 heteroatoms. The number of aromatic nitrogens is 1. The van der Waals surface area contributed by atoms with E-state index in [1.165, 1.54) is 0 Å². The zero-order valence-electron chi connectivity index (χ0n) is 13.0. The molecule has 0 spiro atoms. The molecule has 0 aliphatic carbocycles. The molecule has 0 radical (unpaired) electrons. The number of aliphatic imine (C=N–C) groups is 1. The lowest BCUT2D eigenvalue weighted by Crippen LogP contribution is -1.79. The maximum absolute atomic E-state index is 5.89. The van der Waals surface area contributed by atoms with E-state index in [1.54, 1.807) is 6.21 Å². The lowest BCUT2D eigenvalue weighted by molar-refractivity contribution is 0.620. The molecule has 0 N–H and O–H groups in total. The molecule has 4 rings (SSSR count). The second-order valence-corrected chi connectivity index (χ2v) is 6.84. The van der Waals surface area contributed by atoms with Crippen molar-refractivity contribution >= 4 is 50.5 Å². The highest BCUT2D eigenvalue weighted by Crippen LogP contribution is 2.28. The van der Waals surface area contributed by atoms with Gasteiger partial charge < -0.3 is 4.42 Å². The Morgan fingerprint density at radius 2 is 1.72 bits per heavy atom. The van der Waals surface area contributed by atoms with Gasteiger partial charge in [-0.25, -0.2) is 4.98 Å². The first-order valence-electron chi connectivity index (χ1n) is 7.63. The Morgan fingerprint density at radius 1 is 0.960 bits per heavy atom. The zero-order chi connectivity index (χ0) is 17.2. The summed E-state index contributed by atoms with van der Waals surface area (Å²) >= 11 is 9.32. The predicted molar refractivity (Wildman–Crippen MR) is 106 cm³/mol. The molecule has 0 atom stereocenters. The van der Waals surface area contributed by atoms with Crippen molar-refractivity contribution < 1.29 is 4.42 Å². The van der Waals surface area contributed by atoms with Crippen molar-refractivity contribution in [2.75, 3.05) is 0 Å². The van der Waals surface area contributed by atoms with Crippen LogP contribution in [0.4, 0.5) is 5.69 Å². The van der Waals surface area contributed by atoms with Crippen molar-refractivity contribution in [2.45, 2.75) is 0 Å². The molecule has 122 valence electrons. The van der Waals surface area contributed by atoms with Crippen molar-refractivity contribution in [1.29, 1.82) is 0 Å². The second kappa shape index (κ2) is 6.82. The third kappa shape index (κ3) is 3.65. The van der Waals surface area contributed by atoms with E-state index in [9.17, 15) is 0 Å². The normalized spacial score (nSPS) is 11.4. The molecule has 25 heavy (non-hydrogen) atoms. The van der Waals surface area contributed by atoms with Crippen LogP contribution in [0.1, 0.15) is 5.56 Å². The van der Waals surface area contributed by atoms with Crippen LogP contribution < -0.4 is 0 Å². The maximum atomic E-state index is 5.89. The molecule has 4 aromatic rings. The quantitative estimate of drug-likeness (QED) is 0.353. The molecule has 0 saturated carbocycles. The summed E-state index contributed by atoms with van der Waals surface area (Å²) in [5.74, 6) is 0.598. The van der Waals surface area contributed by atoms with Gasteiger partial charge in [-0.05, 0) is 60.2 Å². The van der Waals surface area contributed by atoms with Crippen LogP contribution in [0.5, 0.6) is 0 Å². The highest BCUT2D eigenvalue weighted by molar-refractivity contribution is 9.10. The van der Waals surface area contributed by atoms with E-state index in [-0.39, 0.29) is 0 Å². The molecule has 0 aliphatic rings. The van der Waals surface area contributed by atoms with Crippen molar-refractivity contribution in [3.63, 3.8) is 0 Å². The van der Waals surface area contributed by atoms with Crippen molar-refractivity contribution in [2.24, 2.45) is 4.99 Å². The van der Waals surface area contributed by atoms with Gasteiger partial charge in [0.1, 0.15) is 5.52 Å². The largest absolute Gasteiger partial charge is 0.436 e. The molecule has 0 saturated heterocycles. The third-order valence-electron chi connectivity index (χ3n) is 3.70. The van der Waals surface area contributed by atoms with Crippen molar-refractivity contribution in [3.8, 4) is 11.5 Å². The first-order valence-corrected chi connectivity index (χ1v) is 8.81. The standard InChI is InChI=1S/C20H12BrClN2O/c21-15-5-3-14(4-6-15)20-24-18-11-17(9-10-19(18)25-20)23-12-13-1-7-16(22)8-2-13/h1-12H. The van der Waals surface area contributed by atoms with E-state index < -0.39 is 0 Å². The highest BCUT2D eigenvalue weighted by Gasteiger charge is 2.08. The van der Waals surface area contributed by atoms with E-state index in [4.69, 9.17) is 16.0 Å². The van der Waals surface area contributed by atoms with Crippen molar-refractivity contribution in [3.05, 3.63) is 81.8 Å². The van der Waals surface area contributed by atoms with Gasteiger partial charge in [0.25, 0.3) is 0 Å². The van der Waals surface area contributed by atoms with Crippen LogP contribution in [0.25, 0.3) is 22.6 Å². The number of hydrogen-bond acceptors (Lipinski definition) is 3. The Morgan fingerprint density at radius 3 is 2.48 bits per heavy atom. The van der Waals surface area contributed by atoms with Gasteiger partial charge in [-0.15, -0.1) is 0 Å². The smallest absolute Gasteiger partial charge is 0.227 e. The van der Waals surface area contributed by atoms with Gasteiger partial charge in [0.05, 0.1) is 5.69 Å². The lowest BCUT2D eigenvalue weighted by Gasteiger charge is -1.94. The van der Waals surface area contributed by atoms with Gasteiger partial charge >= 0.3 is 0 Å². The Hall–Kier alpha value is -2.43.